The Labute approximate surface area is 124 Å². The highest BCUT2D eigenvalue weighted by molar-refractivity contribution is 6.33. The summed E-state index contributed by atoms with van der Waals surface area (Å²) in [6.45, 7) is 2.21. The van der Waals surface area contributed by atoms with Crippen LogP contribution in [0.3, 0.4) is 0 Å². The number of alkyl halides is 1. The van der Waals surface area contributed by atoms with Crippen molar-refractivity contribution in [2.45, 2.75) is 38.1 Å². The molecule has 1 aliphatic rings. The fourth-order valence-corrected chi connectivity index (χ4v) is 3.41. The first-order chi connectivity index (χ1) is 9.06. The molecule has 0 aromatic heterocycles. The quantitative estimate of drug-likeness (QED) is 0.830. The van der Waals surface area contributed by atoms with Crippen LogP contribution in [0.2, 0.25) is 5.02 Å². The minimum atomic E-state index is -0.282. The van der Waals surface area contributed by atoms with E-state index in [4.69, 9.17) is 23.2 Å². The summed E-state index contributed by atoms with van der Waals surface area (Å²) in [6, 6.07) is 7.11. The van der Waals surface area contributed by atoms with Gasteiger partial charge in [0.1, 0.15) is 0 Å². The second-order valence-corrected chi connectivity index (χ2v) is 6.22. The molecule has 0 aliphatic heterocycles. The predicted octanol–water partition coefficient (Wildman–Crippen LogP) is 4.26. The minimum Gasteiger partial charge on any atom is -0.345 e. The number of nitrogens with one attached hydrogen (secondary N) is 1. The summed E-state index contributed by atoms with van der Waals surface area (Å²) in [5.74, 6) is 0.924. The normalized spacial score (nSPS) is 27.0. The zero-order valence-corrected chi connectivity index (χ0v) is 12.6. The molecule has 2 unspecified atom stereocenters. The Bertz CT molecular complexity index is 463. The first-order valence-corrected chi connectivity index (χ1v) is 7.60. The minimum absolute atomic E-state index is 0.125. The van der Waals surface area contributed by atoms with Crippen molar-refractivity contribution in [1.82, 2.24) is 5.32 Å². The molecule has 1 fully saturated rings. The van der Waals surface area contributed by atoms with Crippen LogP contribution in [0.25, 0.3) is 0 Å². The molecule has 0 heterocycles. The predicted molar refractivity (Wildman–Crippen MR) is 80.0 cm³/mol. The van der Waals surface area contributed by atoms with E-state index >= 15 is 0 Å². The molecule has 1 N–H and O–H groups in total. The highest BCUT2D eigenvalue weighted by atomic mass is 35.5. The molecule has 2 atom stereocenters. The molecule has 0 spiro atoms. The van der Waals surface area contributed by atoms with Gasteiger partial charge in [-0.25, -0.2) is 0 Å². The largest absolute Gasteiger partial charge is 0.345 e. The molecule has 0 radical (unpaired) electrons. The van der Waals surface area contributed by atoms with E-state index in [1.807, 2.05) is 12.1 Å². The van der Waals surface area contributed by atoms with Gasteiger partial charge in [0.15, 0.2) is 0 Å². The van der Waals surface area contributed by atoms with E-state index in [2.05, 4.69) is 12.2 Å². The maximum Gasteiger partial charge on any atom is 0.253 e. The molecule has 0 bridgehead atoms. The first kappa shape index (κ1) is 14.7. The summed E-state index contributed by atoms with van der Waals surface area (Å²) in [5.41, 5.74) is 0.238. The number of benzene rings is 1. The average molecular weight is 300 g/mol. The van der Waals surface area contributed by atoms with E-state index in [0.717, 1.165) is 19.3 Å². The van der Waals surface area contributed by atoms with E-state index in [0.29, 0.717) is 22.4 Å². The van der Waals surface area contributed by atoms with Crippen LogP contribution in [0.4, 0.5) is 0 Å². The fourth-order valence-electron chi connectivity index (χ4n) is 2.88. The smallest absolute Gasteiger partial charge is 0.253 e. The molecule has 1 amide bonds. The molecule has 1 saturated carbocycles. The van der Waals surface area contributed by atoms with Gasteiger partial charge in [-0.3, -0.25) is 4.79 Å². The third-order valence-electron chi connectivity index (χ3n) is 3.84. The van der Waals surface area contributed by atoms with Crippen LogP contribution in [0.1, 0.15) is 43.0 Å². The standard InChI is InChI=1S/C15H19Cl2NO/c1-11-5-4-8-15(9-11,10-16)18-14(19)12-6-2-3-7-13(12)17/h2-3,6-7,11H,4-5,8-10H2,1H3,(H,18,19). The van der Waals surface area contributed by atoms with Gasteiger partial charge in [-0.1, -0.05) is 43.5 Å². The topological polar surface area (TPSA) is 29.1 Å². The van der Waals surface area contributed by atoms with Crippen molar-refractivity contribution < 1.29 is 4.79 Å². The Hall–Kier alpha value is -0.730. The second-order valence-electron chi connectivity index (χ2n) is 5.55. The van der Waals surface area contributed by atoms with Crippen molar-refractivity contribution >= 4 is 29.1 Å². The van der Waals surface area contributed by atoms with Crippen LogP contribution in [0, 0.1) is 5.92 Å². The lowest BCUT2D eigenvalue weighted by Gasteiger charge is -2.39. The highest BCUT2D eigenvalue weighted by Gasteiger charge is 2.36. The van der Waals surface area contributed by atoms with Crippen molar-refractivity contribution in [3.05, 3.63) is 34.9 Å². The van der Waals surface area contributed by atoms with Crippen LogP contribution in [-0.4, -0.2) is 17.3 Å². The van der Waals surface area contributed by atoms with E-state index < -0.39 is 0 Å². The Kier molecular flexibility index (Phi) is 4.75. The Morgan fingerprint density at radius 3 is 2.84 bits per heavy atom. The molecule has 4 heteroatoms. The van der Waals surface area contributed by atoms with Gasteiger partial charge in [0, 0.05) is 5.88 Å². The number of hydrogen-bond acceptors (Lipinski definition) is 1. The zero-order chi connectivity index (χ0) is 13.9. The van der Waals surface area contributed by atoms with Gasteiger partial charge in [-0.2, -0.15) is 0 Å². The third kappa shape index (κ3) is 3.43. The van der Waals surface area contributed by atoms with Crippen molar-refractivity contribution in [3.8, 4) is 0 Å². The van der Waals surface area contributed by atoms with Gasteiger partial charge in [0.25, 0.3) is 5.91 Å². The van der Waals surface area contributed by atoms with Gasteiger partial charge >= 0.3 is 0 Å². The van der Waals surface area contributed by atoms with Crippen LogP contribution < -0.4 is 5.32 Å². The van der Waals surface area contributed by atoms with Crippen molar-refractivity contribution in [2.75, 3.05) is 5.88 Å². The molecular weight excluding hydrogens is 281 g/mol. The number of amides is 1. The fraction of sp³-hybridized carbons (Fsp3) is 0.533. The number of carbonyl (C=O) groups excluding carboxylic acids is 1. The van der Waals surface area contributed by atoms with E-state index in [1.54, 1.807) is 12.1 Å². The number of rotatable bonds is 3. The summed E-state index contributed by atoms with van der Waals surface area (Å²) in [7, 11) is 0. The summed E-state index contributed by atoms with van der Waals surface area (Å²) in [5, 5.41) is 3.59. The second kappa shape index (κ2) is 6.15. The molecule has 1 aliphatic carbocycles. The SMILES string of the molecule is CC1CCCC(CCl)(NC(=O)c2ccccc2Cl)C1. The molecule has 2 nitrogen and oxygen atoms in total. The summed E-state index contributed by atoms with van der Waals surface area (Å²) < 4.78 is 0. The Morgan fingerprint density at radius 2 is 2.21 bits per heavy atom. The number of halogens is 2. The lowest BCUT2D eigenvalue weighted by Crippen LogP contribution is -2.52. The summed E-state index contributed by atoms with van der Waals surface area (Å²) in [4.78, 5) is 12.4. The van der Waals surface area contributed by atoms with Gasteiger partial charge in [0.2, 0.25) is 0 Å². The molecular formula is C15H19Cl2NO. The van der Waals surface area contributed by atoms with E-state index in [1.165, 1.54) is 6.42 Å². The van der Waals surface area contributed by atoms with Crippen LogP contribution in [0.15, 0.2) is 24.3 Å². The van der Waals surface area contributed by atoms with E-state index in [9.17, 15) is 4.79 Å². The molecule has 1 aromatic carbocycles. The zero-order valence-electron chi connectivity index (χ0n) is 11.1. The van der Waals surface area contributed by atoms with Gasteiger partial charge in [0.05, 0.1) is 16.1 Å². The molecule has 1 aromatic rings. The summed E-state index contributed by atoms with van der Waals surface area (Å²) in [6.07, 6.45) is 4.20. The maximum absolute atomic E-state index is 12.4. The number of carbonyl (C=O) groups is 1. The molecule has 0 saturated heterocycles. The lowest BCUT2D eigenvalue weighted by molar-refractivity contribution is 0.0867. The van der Waals surface area contributed by atoms with Crippen molar-refractivity contribution in [1.29, 1.82) is 0 Å². The maximum atomic E-state index is 12.4. The first-order valence-electron chi connectivity index (χ1n) is 6.69. The van der Waals surface area contributed by atoms with Crippen LogP contribution in [0.5, 0.6) is 0 Å². The van der Waals surface area contributed by atoms with Crippen molar-refractivity contribution in [2.24, 2.45) is 5.92 Å². The highest BCUT2D eigenvalue weighted by Crippen LogP contribution is 2.33. The Morgan fingerprint density at radius 1 is 1.47 bits per heavy atom. The Balaban J connectivity index is 2.14. The molecule has 19 heavy (non-hydrogen) atoms. The lowest BCUT2D eigenvalue weighted by atomic mass is 9.77. The van der Waals surface area contributed by atoms with Crippen LogP contribution in [-0.2, 0) is 0 Å². The third-order valence-corrected chi connectivity index (χ3v) is 4.69. The van der Waals surface area contributed by atoms with Crippen molar-refractivity contribution in [3.63, 3.8) is 0 Å². The van der Waals surface area contributed by atoms with Gasteiger partial charge < -0.3 is 5.32 Å². The molecule has 104 valence electrons. The monoisotopic (exact) mass is 299 g/mol. The summed E-state index contributed by atoms with van der Waals surface area (Å²) >= 11 is 12.2. The average Bonchev–Trinajstić information content (AvgIpc) is 2.39. The van der Waals surface area contributed by atoms with Gasteiger partial charge in [-0.15, -0.1) is 11.6 Å². The number of hydrogen-bond donors (Lipinski definition) is 1. The van der Waals surface area contributed by atoms with Crippen LogP contribution >= 0.6 is 23.2 Å². The van der Waals surface area contributed by atoms with Gasteiger partial charge in [-0.05, 0) is 30.9 Å². The molecule has 2 rings (SSSR count). The van der Waals surface area contributed by atoms with E-state index in [-0.39, 0.29) is 11.4 Å².